The highest BCUT2D eigenvalue weighted by atomic mass is 32.2. The molecule has 0 radical (unpaired) electrons. The molecule has 43 heavy (non-hydrogen) atoms. The molecule has 8 heteroatoms. The van der Waals surface area contributed by atoms with Crippen LogP contribution in [0.15, 0.2) is 107 Å². The number of nitrogens with zero attached hydrogens (tertiary/aromatic N) is 5. The maximum absolute atomic E-state index is 12.8. The molecule has 0 fully saturated rings. The second-order valence-electron chi connectivity index (χ2n) is 11.4. The van der Waals surface area contributed by atoms with Gasteiger partial charge in [0.1, 0.15) is 0 Å². The summed E-state index contributed by atoms with van der Waals surface area (Å²) < 4.78 is 4.31. The molecule has 0 atom stereocenters. The summed E-state index contributed by atoms with van der Waals surface area (Å²) in [6, 6.07) is 33.1. The van der Waals surface area contributed by atoms with Crippen molar-refractivity contribution in [3.05, 3.63) is 108 Å². The summed E-state index contributed by atoms with van der Waals surface area (Å²) in [6.07, 6.45) is 1.69. The first-order valence-corrected chi connectivity index (χ1v) is 15.4. The molecule has 4 aromatic carbocycles. The second-order valence-corrected chi connectivity index (χ2v) is 12.4. The van der Waals surface area contributed by atoms with Gasteiger partial charge in [0.15, 0.2) is 11.0 Å². The third-order valence-electron chi connectivity index (χ3n) is 7.50. The molecule has 1 amide bonds. The average molecular weight is 587 g/mol. The van der Waals surface area contributed by atoms with Gasteiger partial charge in [-0.1, -0.05) is 99.3 Å². The predicted octanol–water partition coefficient (Wildman–Crippen LogP) is 7.60. The fourth-order valence-corrected chi connectivity index (χ4v) is 6.06. The summed E-state index contributed by atoms with van der Waals surface area (Å²) >= 11 is 1.33. The number of benzene rings is 4. The SMILES string of the molecule is CCn1c2ccccc2c2cc(/C=N/NC(=O)CSc3nnc(-c4ccc(C(C)(C)C)cc4)n3-c3ccccc3)ccc21. The van der Waals surface area contributed by atoms with E-state index in [1.54, 1.807) is 6.21 Å². The third kappa shape index (κ3) is 5.83. The van der Waals surface area contributed by atoms with Crippen LogP contribution in [0.1, 0.15) is 38.8 Å². The summed E-state index contributed by atoms with van der Waals surface area (Å²) in [4.78, 5) is 12.8. The van der Waals surface area contributed by atoms with Crippen LogP contribution in [-0.4, -0.2) is 37.2 Å². The third-order valence-corrected chi connectivity index (χ3v) is 8.43. The number of hydrogen-bond donors (Lipinski definition) is 1. The van der Waals surface area contributed by atoms with Gasteiger partial charge in [-0.3, -0.25) is 9.36 Å². The number of carbonyl (C=O) groups is 1. The molecule has 0 aliphatic carbocycles. The van der Waals surface area contributed by atoms with Crippen LogP contribution < -0.4 is 5.43 Å². The van der Waals surface area contributed by atoms with E-state index in [0.717, 1.165) is 29.2 Å². The Kier molecular flexibility index (Phi) is 7.86. The number of hydrogen-bond acceptors (Lipinski definition) is 5. The summed E-state index contributed by atoms with van der Waals surface area (Å²) in [5.41, 5.74) is 9.20. The number of fused-ring (bicyclic) bond motifs is 3. The van der Waals surface area contributed by atoms with E-state index in [-0.39, 0.29) is 17.1 Å². The van der Waals surface area contributed by atoms with Crippen LogP contribution in [-0.2, 0) is 16.8 Å². The lowest BCUT2D eigenvalue weighted by Gasteiger charge is -2.19. The molecule has 0 unspecified atom stereocenters. The summed E-state index contributed by atoms with van der Waals surface area (Å²) in [7, 11) is 0. The molecule has 0 saturated heterocycles. The molecule has 2 heterocycles. The number of aromatic nitrogens is 4. The molecule has 2 aromatic heterocycles. The van der Waals surface area contributed by atoms with Crippen molar-refractivity contribution in [1.82, 2.24) is 24.8 Å². The highest BCUT2D eigenvalue weighted by molar-refractivity contribution is 7.99. The number of hydrazone groups is 1. The molecule has 7 nitrogen and oxygen atoms in total. The lowest BCUT2D eigenvalue weighted by molar-refractivity contribution is -0.118. The van der Waals surface area contributed by atoms with Gasteiger partial charge < -0.3 is 4.57 Å². The van der Waals surface area contributed by atoms with Gasteiger partial charge in [0.25, 0.3) is 5.91 Å². The van der Waals surface area contributed by atoms with Gasteiger partial charge >= 0.3 is 0 Å². The van der Waals surface area contributed by atoms with E-state index >= 15 is 0 Å². The fraction of sp³-hybridized carbons (Fsp3) is 0.200. The van der Waals surface area contributed by atoms with Crippen LogP contribution in [0.4, 0.5) is 0 Å². The van der Waals surface area contributed by atoms with E-state index < -0.39 is 0 Å². The van der Waals surface area contributed by atoms with Crippen LogP contribution in [0.3, 0.4) is 0 Å². The Morgan fingerprint density at radius 2 is 1.60 bits per heavy atom. The second kappa shape index (κ2) is 11.9. The summed E-state index contributed by atoms with van der Waals surface area (Å²) in [5, 5.41) is 16.2. The van der Waals surface area contributed by atoms with Crippen LogP contribution in [0.5, 0.6) is 0 Å². The monoisotopic (exact) mass is 586 g/mol. The van der Waals surface area contributed by atoms with Crippen molar-refractivity contribution < 1.29 is 4.79 Å². The number of carbonyl (C=O) groups excluding carboxylic acids is 1. The normalized spacial score (nSPS) is 12.0. The van der Waals surface area contributed by atoms with Gasteiger partial charge in [-0.2, -0.15) is 5.10 Å². The van der Waals surface area contributed by atoms with Gasteiger partial charge in [0, 0.05) is 39.6 Å². The number of thioether (sulfide) groups is 1. The first kappa shape index (κ1) is 28.4. The Bertz CT molecular complexity index is 1930. The predicted molar refractivity (Wildman–Crippen MR) is 177 cm³/mol. The molecule has 0 saturated carbocycles. The zero-order valence-electron chi connectivity index (χ0n) is 24.8. The van der Waals surface area contributed by atoms with E-state index in [1.165, 1.54) is 39.1 Å². The molecule has 0 aliphatic heterocycles. The Hall–Kier alpha value is -4.69. The lowest BCUT2D eigenvalue weighted by atomic mass is 9.87. The first-order valence-electron chi connectivity index (χ1n) is 14.4. The highest BCUT2D eigenvalue weighted by Crippen LogP contribution is 2.31. The molecule has 0 bridgehead atoms. The van der Waals surface area contributed by atoms with E-state index in [9.17, 15) is 4.79 Å². The van der Waals surface area contributed by atoms with Gasteiger partial charge in [0.2, 0.25) is 0 Å². The van der Waals surface area contributed by atoms with Crippen molar-refractivity contribution in [3.63, 3.8) is 0 Å². The van der Waals surface area contributed by atoms with Gasteiger partial charge in [-0.15, -0.1) is 10.2 Å². The maximum atomic E-state index is 12.8. The quantitative estimate of drug-likeness (QED) is 0.113. The van der Waals surface area contributed by atoms with Crippen LogP contribution in [0.25, 0.3) is 38.9 Å². The van der Waals surface area contributed by atoms with E-state index in [2.05, 4.69) is 114 Å². The standard InChI is InChI=1S/C35H34N6OS/c1-5-40-30-14-10-9-13-28(30)29-21-24(15-20-31(29)40)22-36-37-32(42)23-43-34-39-38-33(41(34)27-11-7-6-8-12-27)25-16-18-26(19-17-25)35(2,3)4/h6-22H,5,23H2,1-4H3,(H,37,42)/b36-22+. The van der Waals surface area contributed by atoms with Crippen molar-refractivity contribution in [2.75, 3.05) is 5.75 Å². The molecule has 0 spiro atoms. The highest BCUT2D eigenvalue weighted by Gasteiger charge is 2.19. The maximum Gasteiger partial charge on any atom is 0.250 e. The largest absolute Gasteiger partial charge is 0.341 e. The zero-order chi connectivity index (χ0) is 30.0. The molecule has 1 N–H and O–H groups in total. The van der Waals surface area contributed by atoms with Gasteiger partial charge in [0.05, 0.1) is 12.0 Å². The van der Waals surface area contributed by atoms with E-state index in [4.69, 9.17) is 0 Å². The summed E-state index contributed by atoms with van der Waals surface area (Å²) in [5.74, 6) is 0.657. The smallest absolute Gasteiger partial charge is 0.250 e. The number of rotatable bonds is 8. The van der Waals surface area contributed by atoms with Crippen molar-refractivity contribution >= 4 is 45.7 Å². The zero-order valence-corrected chi connectivity index (χ0v) is 25.6. The van der Waals surface area contributed by atoms with Crippen molar-refractivity contribution in [1.29, 1.82) is 0 Å². The van der Waals surface area contributed by atoms with Crippen molar-refractivity contribution in [2.45, 2.75) is 44.8 Å². The minimum Gasteiger partial charge on any atom is -0.341 e. The molecular formula is C35H34N6OS. The number of para-hydroxylation sites is 2. The molecule has 6 aromatic rings. The van der Waals surface area contributed by atoms with Crippen LogP contribution in [0, 0.1) is 0 Å². The van der Waals surface area contributed by atoms with Crippen LogP contribution in [0.2, 0.25) is 0 Å². The van der Waals surface area contributed by atoms with Crippen LogP contribution >= 0.6 is 11.8 Å². The minimum atomic E-state index is -0.219. The van der Waals surface area contributed by atoms with Gasteiger partial charge in [-0.25, -0.2) is 5.43 Å². The molecule has 6 rings (SSSR count). The Labute approximate surface area is 255 Å². The van der Waals surface area contributed by atoms with E-state index in [0.29, 0.717) is 5.16 Å². The molecule has 216 valence electrons. The Balaban J connectivity index is 1.18. The van der Waals surface area contributed by atoms with Crippen molar-refractivity contribution in [3.8, 4) is 17.1 Å². The Morgan fingerprint density at radius 3 is 2.35 bits per heavy atom. The minimum absolute atomic E-state index is 0.0602. The lowest BCUT2D eigenvalue weighted by Crippen LogP contribution is -2.20. The fourth-order valence-electron chi connectivity index (χ4n) is 5.31. The first-order chi connectivity index (χ1) is 20.8. The van der Waals surface area contributed by atoms with E-state index in [1.807, 2.05) is 41.0 Å². The summed E-state index contributed by atoms with van der Waals surface area (Å²) in [6.45, 7) is 9.64. The van der Waals surface area contributed by atoms with Gasteiger partial charge in [-0.05, 0) is 53.8 Å². The number of aryl methyl sites for hydroxylation is 1. The topological polar surface area (TPSA) is 77.1 Å². The number of nitrogens with one attached hydrogen (secondary N) is 1. The van der Waals surface area contributed by atoms with Crippen molar-refractivity contribution in [2.24, 2.45) is 5.10 Å². The Morgan fingerprint density at radius 1 is 0.884 bits per heavy atom. The number of amides is 1. The molecule has 0 aliphatic rings. The molecular weight excluding hydrogens is 552 g/mol. The average Bonchev–Trinajstić information content (AvgIpc) is 3.59.